The van der Waals surface area contributed by atoms with E-state index in [1.54, 1.807) is 0 Å². The van der Waals surface area contributed by atoms with Gasteiger partial charge in [0.2, 0.25) is 0 Å². The van der Waals surface area contributed by atoms with Gasteiger partial charge in [-0.25, -0.2) is 0 Å². The Balaban J connectivity index is 1.46. The fraction of sp³-hybridized carbons (Fsp3) is 0.389. The average Bonchev–Trinajstić information content (AvgIpc) is 3.01. The van der Waals surface area contributed by atoms with E-state index in [-0.39, 0.29) is 5.91 Å². The molecule has 1 aromatic heterocycles. The number of benzene rings is 1. The quantitative estimate of drug-likeness (QED) is 0.863. The number of fused-ring (bicyclic) bond motifs is 1. The molecule has 0 radical (unpaired) electrons. The van der Waals surface area contributed by atoms with Gasteiger partial charge in [0.1, 0.15) is 6.04 Å². The zero-order valence-electron chi connectivity index (χ0n) is 13.0. The van der Waals surface area contributed by atoms with Crippen molar-refractivity contribution in [2.45, 2.75) is 25.8 Å². The minimum Gasteiger partial charge on any atom is -0.351 e. The van der Waals surface area contributed by atoms with E-state index >= 15 is 0 Å². The van der Waals surface area contributed by atoms with Crippen LogP contribution in [0.3, 0.4) is 0 Å². The van der Waals surface area contributed by atoms with Crippen molar-refractivity contribution in [3.63, 3.8) is 0 Å². The van der Waals surface area contributed by atoms with Crippen LogP contribution in [0.5, 0.6) is 0 Å². The Morgan fingerprint density at radius 1 is 1.32 bits per heavy atom. The number of carbonyl (C=O) groups is 1. The highest BCUT2D eigenvalue weighted by atomic mass is 32.1. The number of carbonyl (C=O) groups excluding carboxylic acids is 1. The molecule has 116 valence electrons. The molecule has 22 heavy (non-hydrogen) atoms. The number of quaternary nitrogens is 1. The molecule has 1 aliphatic heterocycles. The lowest BCUT2D eigenvalue weighted by Crippen LogP contribution is -3.14. The summed E-state index contributed by atoms with van der Waals surface area (Å²) in [7, 11) is 0. The SMILES string of the molecule is C[C@@H]1c2ccsc2CC[NH+]1CC(=O)NCCc1ccccc1. The molecule has 0 bridgehead atoms. The zero-order valence-corrected chi connectivity index (χ0v) is 13.8. The predicted octanol–water partition coefficient (Wildman–Crippen LogP) is 1.61. The van der Waals surface area contributed by atoms with E-state index in [9.17, 15) is 4.79 Å². The second kappa shape index (κ2) is 7.07. The second-order valence-electron chi connectivity index (χ2n) is 5.94. The number of nitrogens with one attached hydrogen (secondary N) is 2. The standard InChI is InChI=1S/C18H22N2OS/c1-14-16-9-12-22-17(16)8-11-20(14)13-18(21)19-10-7-15-5-3-2-4-6-15/h2-6,9,12,14H,7-8,10-11,13H2,1H3,(H,19,21)/p+1/t14-/m1/s1. The molecule has 0 saturated carbocycles. The van der Waals surface area contributed by atoms with Crippen molar-refractivity contribution in [2.75, 3.05) is 19.6 Å². The molecule has 0 fully saturated rings. The van der Waals surface area contributed by atoms with Gasteiger partial charge in [0.05, 0.1) is 6.54 Å². The van der Waals surface area contributed by atoms with Crippen LogP contribution in [-0.2, 0) is 17.6 Å². The van der Waals surface area contributed by atoms with Crippen LogP contribution >= 0.6 is 11.3 Å². The third-order valence-corrected chi connectivity index (χ3v) is 5.49. The third kappa shape index (κ3) is 3.57. The van der Waals surface area contributed by atoms with Gasteiger partial charge in [-0.05, 0) is 30.4 Å². The molecule has 2 N–H and O–H groups in total. The highest BCUT2D eigenvalue weighted by Gasteiger charge is 2.29. The Hall–Kier alpha value is -1.65. The lowest BCUT2D eigenvalue weighted by molar-refractivity contribution is -0.924. The summed E-state index contributed by atoms with van der Waals surface area (Å²) in [6.45, 7) is 4.58. The number of amides is 1. The van der Waals surface area contributed by atoms with E-state index in [0.29, 0.717) is 19.1 Å². The van der Waals surface area contributed by atoms with Gasteiger partial charge in [-0.1, -0.05) is 30.3 Å². The van der Waals surface area contributed by atoms with Crippen molar-refractivity contribution in [2.24, 2.45) is 0 Å². The van der Waals surface area contributed by atoms with Crippen molar-refractivity contribution in [1.29, 1.82) is 0 Å². The maximum atomic E-state index is 12.2. The first-order valence-corrected chi connectivity index (χ1v) is 8.83. The monoisotopic (exact) mass is 315 g/mol. The smallest absolute Gasteiger partial charge is 0.275 e. The van der Waals surface area contributed by atoms with Gasteiger partial charge in [0.15, 0.2) is 6.54 Å². The van der Waals surface area contributed by atoms with Crippen molar-refractivity contribution >= 4 is 17.2 Å². The molecule has 0 saturated heterocycles. The van der Waals surface area contributed by atoms with E-state index in [1.165, 1.54) is 20.9 Å². The van der Waals surface area contributed by atoms with Crippen molar-refractivity contribution in [3.8, 4) is 0 Å². The largest absolute Gasteiger partial charge is 0.351 e. The van der Waals surface area contributed by atoms with Crippen LogP contribution in [0.15, 0.2) is 41.8 Å². The molecule has 3 nitrogen and oxygen atoms in total. The van der Waals surface area contributed by atoms with Gasteiger partial charge in [-0.2, -0.15) is 0 Å². The van der Waals surface area contributed by atoms with Gasteiger partial charge in [-0.15, -0.1) is 11.3 Å². The predicted molar refractivity (Wildman–Crippen MR) is 90.3 cm³/mol. The number of rotatable bonds is 5. The van der Waals surface area contributed by atoms with Gasteiger partial charge in [0.25, 0.3) is 5.91 Å². The first-order chi connectivity index (χ1) is 10.7. The average molecular weight is 315 g/mol. The Labute approximate surface area is 136 Å². The summed E-state index contributed by atoms with van der Waals surface area (Å²) in [5.74, 6) is 0.163. The van der Waals surface area contributed by atoms with Crippen molar-refractivity contribution in [3.05, 3.63) is 57.8 Å². The van der Waals surface area contributed by atoms with E-state index in [1.807, 2.05) is 29.5 Å². The van der Waals surface area contributed by atoms with Gasteiger partial charge in [-0.3, -0.25) is 4.79 Å². The van der Waals surface area contributed by atoms with E-state index < -0.39 is 0 Å². The van der Waals surface area contributed by atoms with E-state index in [0.717, 1.165) is 19.4 Å². The summed E-state index contributed by atoms with van der Waals surface area (Å²) in [5, 5.41) is 5.23. The normalized spacial score (nSPS) is 20.4. The molecular formula is C18H23N2OS+. The Bertz CT molecular complexity index is 623. The van der Waals surface area contributed by atoms with Crippen LogP contribution in [0.4, 0.5) is 0 Å². The van der Waals surface area contributed by atoms with Crippen LogP contribution in [0.2, 0.25) is 0 Å². The molecular weight excluding hydrogens is 292 g/mol. The molecule has 1 unspecified atom stereocenters. The highest BCUT2D eigenvalue weighted by Crippen LogP contribution is 2.24. The number of hydrogen-bond donors (Lipinski definition) is 2. The minimum atomic E-state index is 0.163. The number of thiophene rings is 1. The zero-order chi connectivity index (χ0) is 15.4. The van der Waals surface area contributed by atoms with Crippen LogP contribution < -0.4 is 10.2 Å². The second-order valence-corrected chi connectivity index (χ2v) is 6.94. The molecule has 2 heterocycles. The maximum absolute atomic E-state index is 12.2. The van der Waals surface area contributed by atoms with Gasteiger partial charge >= 0.3 is 0 Å². The Morgan fingerprint density at radius 2 is 2.14 bits per heavy atom. The van der Waals surface area contributed by atoms with Crippen LogP contribution in [0.25, 0.3) is 0 Å². The summed E-state index contributed by atoms with van der Waals surface area (Å²) in [5.41, 5.74) is 2.70. The van der Waals surface area contributed by atoms with Crippen LogP contribution in [0, 0.1) is 0 Å². The highest BCUT2D eigenvalue weighted by molar-refractivity contribution is 7.10. The topological polar surface area (TPSA) is 33.5 Å². The van der Waals surface area contributed by atoms with E-state index in [4.69, 9.17) is 0 Å². The summed E-state index contributed by atoms with van der Waals surface area (Å²) < 4.78 is 0. The fourth-order valence-electron chi connectivity index (χ4n) is 3.15. The Morgan fingerprint density at radius 3 is 2.95 bits per heavy atom. The molecule has 0 spiro atoms. The summed E-state index contributed by atoms with van der Waals surface area (Å²) in [6, 6.07) is 12.9. The molecule has 0 aliphatic carbocycles. The molecule has 3 rings (SSSR count). The molecule has 1 aromatic carbocycles. The van der Waals surface area contributed by atoms with E-state index in [2.05, 4.69) is 35.8 Å². The van der Waals surface area contributed by atoms with Crippen LogP contribution in [-0.4, -0.2) is 25.5 Å². The summed E-state index contributed by atoms with van der Waals surface area (Å²) >= 11 is 1.85. The van der Waals surface area contributed by atoms with Gasteiger partial charge < -0.3 is 10.2 Å². The molecule has 4 heteroatoms. The maximum Gasteiger partial charge on any atom is 0.275 e. The molecule has 2 atom stereocenters. The Kier molecular flexibility index (Phi) is 4.90. The lowest BCUT2D eigenvalue weighted by atomic mass is 10.0. The fourth-order valence-corrected chi connectivity index (χ4v) is 4.13. The minimum absolute atomic E-state index is 0.163. The summed E-state index contributed by atoms with van der Waals surface area (Å²) in [4.78, 5) is 15.0. The first-order valence-electron chi connectivity index (χ1n) is 7.95. The van der Waals surface area contributed by atoms with Crippen molar-refractivity contribution < 1.29 is 9.69 Å². The molecule has 1 amide bonds. The lowest BCUT2D eigenvalue weighted by Gasteiger charge is -2.29. The molecule has 2 aromatic rings. The van der Waals surface area contributed by atoms with Crippen molar-refractivity contribution in [1.82, 2.24) is 5.32 Å². The first kappa shape index (κ1) is 15.3. The summed E-state index contributed by atoms with van der Waals surface area (Å²) in [6.07, 6.45) is 2.00. The van der Waals surface area contributed by atoms with Gasteiger partial charge in [0, 0.05) is 23.4 Å². The van der Waals surface area contributed by atoms with Crippen LogP contribution in [0.1, 0.15) is 29.0 Å². The third-order valence-electron chi connectivity index (χ3n) is 4.50. The molecule has 1 aliphatic rings. The number of hydrogen-bond acceptors (Lipinski definition) is 2.